The van der Waals surface area contributed by atoms with E-state index in [9.17, 15) is 13.2 Å². The number of thiazole rings is 1. The van der Waals surface area contributed by atoms with Crippen LogP contribution in [0.15, 0.2) is 9.00 Å². The molecule has 1 fully saturated rings. The van der Waals surface area contributed by atoms with E-state index in [2.05, 4.69) is 10.3 Å². The van der Waals surface area contributed by atoms with Crippen LogP contribution in [0.1, 0.15) is 18.5 Å². The molecule has 1 aliphatic heterocycles. The second kappa shape index (κ2) is 6.35. The number of nitrogens with one attached hydrogen (secondary N) is 2. The fraction of sp³-hybridized carbons (Fsp3) is 0.727. The van der Waals surface area contributed by atoms with Gasteiger partial charge in [-0.2, -0.15) is 4.31 Å². The van der Waals surface area contributed by atoms with Crippen LogP contribution in [0.25, 0.3) is 0 Å². The molecule has 2 rings (SSSR count). The average Bonchev–Trinajstić information content (AvgIpc) is 2.98. The molecule has 2 heterocycles. The second-order valence-corrected chi connectivity index (χ2v) is 7.92. The van der Waals surface area contributed by atoms with Crippen molar-refractivity contribution in [2.45, 2.75) is 30.0 Å². The summed E-state index contributed by atoms with van der Waals surface area (Å²) in [5, 5.41) is 12.3. The Morgan fingerprint density at radius 3 is 2.75 bits per heavy atom. The molecule has 114 valence electrons. The Morgan fingerprint density at radius 2 is 2.25 bits per heavy atom. The quantitative estimate of drug-likeness (QED) is 0.654. The zero-order valence-electron chi connectivity index (χ0n) is 11.3. The molecule has 1 aromatic rings. The number of aromatic amines is 1. The zero-order chi connectivity index (χ0) is 14.8. The predicted molar refractivity (Wildman–Crippen MR) is 76.5 cm³/mol. The summed E-state index contributed by atoms with van der Waals surface area (Å²) in [4.78, 5) is 13.4. The first kappa shape index (κ1) is 15.6. The van der Waals surface area contributed by atoms with Crippen molar-refractivity contribution in [3.05, 3.63) is 15.4 Å². The lowest BCUT2D eigenvalue weighted by Crippen LogP contribution is -2.42. The molecule has 1 aromatic heterocycles. The van der Waals surface area contributed by atoms with Crippen molar-refractivity contribution in [2.75, 3.05) is 26.2 Å². The van der Waals surface area contributed by atoms with E-state index in [0.717, 1.165) is 19.4 Å². The SMILES string of the molecule is Cc1[nH]c(=O)sc1S(=O)(=O)N(CCO)CC1CCCN1. The Bertz CT molecular complexity index is 601. The van der Waals surface area contributed by atoms with Crippen LogP contribution in [0.5, 0.6) is 0 Å². The van der Waals surface area contributed by atoms with Gasteiger partial charge < -0.3 is 15.4 Å². The molecule has 0 aliphatic carbocycles. The number of H-pyrrole nitrogens is 1. The first-order valence-electron chi connectivity index (χ1n) is 6.49. The highest BCUT2D eigenvalue weighted by Gasteiger charge is 2.30. The van der Waals surface area contributed by atoms with Crippen LogP contribution in [0.3, 0.4) is 0 Å². The molecule has 7 nitrogen and oxygen atoms in total. The summed E-state index contributed by atoms with van der Waals surface area (Å²) >= 11 is 0.691. The maximum absolute atomic E-state index is 12.6. The Balaban J connectivity index is 2.26. The van der Waals surface area contributed by atoms with Crippen molar-refractivity contribution in [3.63, 3.8) is 0 Å². The summed E-state index contributed by atoms with van der Waals surface area (Å²) in [6.45, 7) is 2.55. The Hall–Kier alpha value is -0.740. The molecule has 1 aliphatic rings. The molecular formula is C11H19N3O4S2. The third-order valence-electron chi connectivity index (χ3n) is 3.29. The van der Waals surface area contributed by atoms with Gasteiger partial charge in [0.2, 0.25) is 0 Å². The maximum Gasteiger partial charge on any atom is 0.305 e. The van der Waals surface area contributed by atoms with Crippen molar-refractivity contribution >= 4 is 21.4 Å². The molecule has 0 saturated carbocycles. The fourth-order valence-corrected chi connectivity index (χ4v) is 5.25. The number of hydrogen-bond donors (Lipinski definition) is 3. The highest BCUT2D eigenvalue weighted by Crippen LogP contribution is 2.22. The van der Waals surface area contributed by atoms with E-state index in [-0.39, 0.29) is 28.3 Å². The standard InChI is InChI=1S/C11H19N3O4S2/c1-8-10(19-11(16)13-8)20(17,18)14(5-6-15)7-9-3-2-4-12-9/h9,12,15H,2-7H2,1H3,(H,13,16). The molecule has 0 spiro atoms. The monoisotopic (exact) mass is 321 g/mol. The van der Waals surface area contributed by atoms with Gasteiger partial charge >= 0.3 is 4.87 Å². The molecule has 3 N–H and O–H groups in total. The van der Waals surface area contributed by atoms with Gasteiger partial charge in [-0.1, -0.05) is 11.3 Å². The normalized spacial score (nSPS) is 19.9. The van der Waals surface area contributed by atoms with Gasteiger partial charge in [0.05, 0.1) is 6.61 Å². The second-order valence-electron chi connectivity index (χ2n) is 4.81. The van der Waals surface area contributed by atoms with Crippen LogP contribution in [0.4, 0.5) is 0 Å². The Morgan fingerprint density at radius 1 is 1.50 bits per heavy atom. The van der Waals surface area contributed by atoms with Crippen LogP contribution < -0.4 is 10.2 Å². The number of rotatable bonds is 6. The van der Waals surface area contributed by atoms with E-state index < -0.39 is 10.0 Å². The predicted octanol–water partition coefficient (Wildman–Crippen LogP) is -0.520. The number of aliphatic hydroxyl groups excluding tert-OH is 1. The summed E-state index contributed by atoms with van der Waals surface area (Å²) < 4.78 is 26.5. The molecule has 20 heavy (non-hydrogen) atoms. The molecular weight excluding hydrogens is 302 g/mol. The Labute approximate surface area is 121 Å². The van der Waals surface area contributed by atoms with Crippen LogP contribution >= 0.6 is 11.3 Å². The van der Waals surface area contributed by atoms with Crippen LogP contribution in [-0.2, 0) is 10.0 Å². The number of aromatic nitrogens is 1. The molecule has 1 saturated heterocycles. The van der Waals surface area contributed by atoms with Crippen molar-refractivity contribution < 1.29 is 13.5 Å². The van der Waals surface area contributed by atoms with Crippen LogP contribution in [0.2, 0.25) is 0 Å². The molecule has 9 heteroatoms. The summed E-state index contributed by atoms with van der Waals surface area (Å²) in [6, 6.07) is 0.104. The molecule has 1 unspecified atom stereocenters. The number of sulfonamides is 1. The van der Waals surface area contributed by atoms with E-state index in [1.54, 1.807) is 6.92 Å². The highest BCUT2D eigenvalue weighted by molar-refractivity contribution is 7.91. The number of nitrogens with zero attached hydrogens (tertiary/aromatic N) is 1. The van der Waals surface area contributed by atoms with Gasteiger partial charge in [0.15, 0.2) is 4.21 Å². The van der Waals surface area contributed by atoms with E-state index in [1.807, 2.05) is 0 Å². The van der Waals surface area contributed by atoms with E-state index in [4.69, 9.17) is 5.11 Å². The lowest BCUT2D eigenvalue weighted by molar-refractivity contribution is 0.246. The minimum Gasteiger partial charge on any atom is -0.395 e. The molecule has 0 bridgehead atoms. The van der Waals surface area contributed by atoms with E-state index in [0.29, 0.717) is 23.6 Å². The van der Waals surface area contributed by atoms with Crippen molar-refractivity contribution in [3.8, 4) is 0 Å². The van der Waals surface area contributed by atoms with Crippen LogP contribution in [-0.4, -0.2) is 55.1 Å². The lowest BCUT2D eigenvalue weighted by atomic mass is 10.2. The summed E-state index contributed by atoms with van der Waals surface area (Å²) in [6.07, 6.45) is 1.94. The third kappa shape index (κ3) is 3.29. The first-order chi connectivity index (χ1) is 9.45. The molecule has 0 radical (unpaired) electrons. The van der Waals surface area contributed by atoms with Gasteiger partial charge in [-0.05, 0) is 26.3 Å². The van der Waals surface area contributed by atoms with Gasteiger partial charge in [-0.3, -0.25) is 4.79 Å². The van der Waals surface area contributed by atoms with Gasteiger partial charge in [-0.25, -0.2) is 8.42 Å². The fourth-order valence-electron chi connectivity index (χ4n) is 2.33. The van der Waals surface area contributed by atoms with Gasteiger partial charge in [0.1, 0.15) is 0 Å². The average molecular weight is 321 g/mol. The smallest absolute Gasteiger partial charge is 0.305 e. The molecule has 0 aromatic carbocycles. The van der Waals surface area contributed by atoms with Crippen LogP contribution in [0, 0.1) is 6.92 Å². The zero-order valence-corrected chi connectivity index (χ0v) is 12.9. The summed E-state index contributed by atoms with van der Waals surface area (Å²) in [7, 11) is -3.74. The number of aryl methyl sites for hydroxylation is 1. The van der Waals surface area contributed by atoms with Crippen molar-refractivity contribution in [2.24, 2.45) is 0 Å². The van der Waals surface area contributed by atoms with Crippen molar-refractivity contribution in [1.82, 2.24) is 14.6 Å². The lowest BCUT2D eigenvalue weighted by Gasteiger charge is -2.24. The first-order valence-corrected chi connectivity index (χ1v) is 8.75. The maximum atomic E-state index is 12.6. The molecule has 0 amide bonds. The minimum atomic E-state index is -3.74. The largest absolute Gasteiger partial charge is 0.395 e. The third-order valence-corrected chi connectivity index (χ3v) is 6.74. The number of hydrogen-bond acceptors (Lipinski definition) is 6. The molecule has 1 atom stereocenters. The topological polar surface area (TPSA) is 102 Å². The van der Waals surface area contributed by atoms with E-state index >= 15 is 0 Å². The summed E-state index contributed by atoms with van der Waals surface area (Å²) in [5.74, 6) is 0. The number of aliphatic hydroxyl groups is 1. The Kier molecular flexibility index (Phi) is 4.97. The van der Waals surface area contributed by atoms with E-state index in [1.165, 1.54) is 4.31 Å². The van der Waals surface area contributed by atoms with Gasteiger partial charge in [-0.15, -0.1) is 0 Å². The summed E-state index contributed by atoms with van der Waals surface area (Å²) in [5.41, 5.74) is 0.349. The van der Waals surface area contributed by atoms with Crippen molar-refractivity contribution in [1.29, 1.82) is 0 Å². The van der Waals surface area contributed by atoms with Gasteiger partial charge in [0, 0.05) is 24.8 Å². The minimum absolute atomic E-state index is 0.0338. The highest BCUT2D eigenvalue weighted by atomic mass is 32.2. The van der Waals surface area contributed by atoms with Gasteiger partial charge in [0.25, 0.3) is 10.0 Å².